The van der Waals surface area contributed by atoms with E-state index >= 15 is 0 Å². The number of rotatable bonds is 5. The molecule has 1 fully saturated rings. The first-order valence-electron chi connectivity index (χ1n) is 6.87. The maximum Gasteiger partial charge on any atom is 0.295 e. The maximum absolute atomic E-state index is 12.8. The van der Waals surface area contributed by atoms with Crippen LogP contribution in [0.2, 0.25) is 0 Å². The van der Waals surface area contributed by atoms with E-state index in [2.05, 4.69) is 14.9 Å². The number of morpholine rings is 1. The van der Waals surface area contributed by atoms with E-state index in [1.54, 1.807) is 6.07 Å². The van der Waals surface area contributed by atoms with Crippen LogP contribution in [0.4, 0.5) is 14.5 Å². The van der Waals surface area contributed by atoms with Gasteiger partial charge < -0.3 is 19.4 Å². The van der Waals surface area contributed by atoms with Gasteiger partial charge in [0, 0.05) is 24.3 Å². The zero-order valence-corrected chi connectivity index (χ0v) is 11.7. The van der Waals surface area contributed by atoms with Crippen molar-refractivity contribution in [2.75, 3.05) is 31.2 Å². The molecule has 0 saturated carbocycles. The van der Waals surface area contributed by atoms with Gasteiger partial charge in [0.1, 0.15) is 6.61 Å². The van der Waals surface area contributed by atoms with Gasteiger partial charge in [0.05, 0.1) is 24.2 Å². The molecule has 1 aliphatic heterocycles. The number of imidazole rings is 1. The zero-order chi connectivity index (χ0) is 15.5. The Morgan fingerprint density at radius 2 is 2.18 bits per heavy atom. The second kappa shape index (κ2) is 6.27. The van der Waals surface area contributed by atoms with E-state index in [-0.39, 0.29) is 12.4 Å². The minimum Gasteiger partial charge on any atom is -0.463 e. The minimum atomic E-state index is -2.68. The fraction of sp³-hybridized carbons (Fsp3) is 0.429. The Morgan fingerprint density at radius 1 is 1.41 bits per heavy atom. The number of aromatic nitrogens is 2. The summed E-state index contributed by atoms with van der Waals surface area (Å²) in [6, 6.07) is 3.58. The van der Waals surface area contributed by atoms with Crippen molar-refractivity contribution in [1.29, 1.82) is 0 Å². The lowest BCUT2D eigenvalue weighted by molar-refractivity contribution is -0.129. The van der Waals surface area contributed by atoms with Crippen LogP contribution in [0.5, 0.6) is 0 Å². The van der Waals surface area contributed by atoms with Gasteiger partial charge in [0.15, 0.2) is 5.82 Å². The lowest BCUT2D eigenvalue weighted by Gasteiger charge is -2.29. The topological polar surface area (TPSA) is 67.4 Å². The number of hydrogen-bond acceptors (Lipinski definition) is 5. The number of carbonyl (C=O) groups is 1. The van der Waals surface area contributed by atoms with Crippen LogP contribution in [0.3, 0.4) is 0 Å². The second-order valence-corrected chi connectivity index (χ2v) is 4.93. The molecule has 1 saturated heterocycles. The molecule has 118 valence electrons. The first-order valence-corrected chi connectivity index (χ1v) is 6.87. The van der Waals surface area contributed by atoms with Gasteiger partial charge in [0.2, 0.25) is 0 Å². The van der Waals surface area contributed by atoms with Gasteiger partial charge in [-0.25, -0.2) is 13.8 Å². The van der Waals surface area contributed by atoms with E-state index < -0.39 is 6.43 Å². The van der Waals surface area contributed by atoms with Crippen molar-refractivity contribution in [3.63, 3.8) is 0 Å². The lowest BCUT2D eigenvalue weighted by Crippen LogP contribution is -2.36. The molecule has 2 heterocycles. The molecular weight excluding hydrogens is 296 g/mol. The molecule has 22 heavy (non-hydrogen) atoms. The van der Waals surface area contributed by atoms with Gasteiger partial charge in [-0.1, -0.05) is 0 Å². The predicted octanol–water partition coefficient (Wildman–Crippen LogP) is 2.01. The van der Waals surface area contributed by atoms with E-state index in [0.29, 0.717) is 49.4 Å². The summed E-state index contributed by atoms with van der Waals surface area (Å²) in [7, 11) is 0. The largest absolute Gasteiger partial charge is 0.463 e. The molecule has 1 aromatic carbocycles. The fourth-order valence-electron chi connectivity index (χ4n) is 2.53. The highest BCUT2D eigenvalue weighted by atomic mass is 19.3. The average molecular weight is 311 g/mol. The molecule has 1 N–H and O–H groups in total. The third kappa shape index (κ3) is 2.87. The molecule has 6 nitrogen and oxygen atoms in total. The van der Waals surface area contributed by atoms with E-state index in [9.17, 15) is 13.6 Å². The second-order valence-electron chi connectivity index (χ2n) is 4.93. The number of carbonyl (C=O) groups excluding carboxylic acids is 1. The molecule has 1 aromatic heterocycles. The SMILES string of the molecule is O=COCc1cc(N2CCOCC2)cc2nc(C(F)F)[nH]c12. The Morgan fingerprint density at radius 3 is 2.86 bits per heavy atom. The van der Waals surface area contributed by atoms with Gasteiger partial charge in [0.25, 0.3) is 12.9 Å². The highest BCUT2D eigenvalue weighted by Crippen LogP contribution is 2.28. The molecule has 0 radical (unpaired) electrons. The number of hydrogen-bond donors (Lipinski definition) is 1. The van der Waals surface area contributed by atoms with E-state index in [1.165, 1.54) is 0 Å². The number of anilines is 1. The van der Waals surface area contributed by atoms with Crippen LogP contribution in [0.1, 0.15) is 17.8 Å². The number of fused-ring (bicyclic) bond motifs is 1. The molecule has 0 unspecified atom stereocenters. The van der Waals surface area contributed by atoms with Gasteiger partial charge in [-0.3, -0.25) is 4.79 Å². The molecular formula is C14H15F2N3O3. The van der Waals surface area contributed by atoms with Crippen LogP contribution < -0.4 is 4.90 Å². The third-order valence-corrected chi connectivity index (χ3v) is 3.57. The zero-order valence-electron chi connectivity index (χ0n) is 11.7. The number of H-pyrrole nitrogens is 1. The predicted molar refractivity (Wildman–Crippen MR) is 74.9 cm³/mol. The third-order valence-electron chi connectivity index (χ3n) is 3.57. The standard InChI is InChI=1S/C14H15F2N3O3/c15-13(16)14-17-11-6-10(19-1-3-21-4-2-19)5-9(7-22-8-20)12(11)18-14/h5-6,8,13H,1-4,7H2,(H,17,18). The minimum absolute atomic E-state index is 0.00303. The van der Waals surface area contributed by atoms with E-state index in [1.807, 2.05) is 6.07 Å². The number of aromatic amines is 1. The number of alkyl halides is 2. The molecule has 0 spiro atoms. The van der Waals surface area contributed by atoms with Crippen LogP contribution in [0.15, 0.2) is 12.1 Å². The summed E-state index contributed by atoms with van der Waals surface area (Å²) in [6.45, 7) is 2.99. The molecule has 8 heteroatoms. The Balaban J connectivity index is 2.03. The Hall–Kier alpha value is -2.22. The van der Waals surface area contributed by atoms with Gasteiger partial charge in [-0.2, -0.15) is 0 Å². The summed E-state index contributed by atoms with van der Waals surface area (Å²) in [6.07, 6.45) is -2.68. The van der Waals surface area contributed by atoms with E-state index in [0.717, 1.165) is 5.69 Å². The van der Waals surface area contributed by atoms with Crippen molar-refractivity contribution >= 4 is 23.2 Å². The lowest BCUT2D eigenvalue weighted by atomic mass is 10.1. The van der Waals surface area contributed by atoms with E-state index in [4.69, 9.17) is 9.47 Å². The number of ether oxygens (including phenoxy) is 2. The first-order chi connectivity index (χ1) is 10.7. The van der Waals surface area contributed by atoms with Gasteiger partial charge in [-0.05, 0) is 12.1 Å². The highest BCUT2D eigenvalue weighted by Gasteiger charge is 2.18. The Bertz CT molecular complexity index is 669. The van der Waals surface area contributed by atoms with Crippen molar-refractivity contribution in [3.05, 3.63) is 23.5 Å². The monoisotopic (exact) mass is 311 g/mol. The molecule has 3 rings (SSSR count). The summed E-state index contributed by atoms with van der Waals surface area (Å²) in [5.41, 5.74) is 2.37. The van der Waals surface area contributed by atoms with Crippen molar-refractivity contribution in [3.8, 4) is 0 Å². The molecule has 2 aromatic rings. The van der Waals surface area contributed by atoms with Crippen LogP contribution in [0.25, 0.3) is 11.0 Å². The van der Waals surface area contributed by atoms with Gasteiger partial charge in [-0.15, -0.1) is 0 Å². The normalized spacial score (nSPS) is 15.5. The number of nitrogens with one attached hydrogen (secondary N) is 1. The van der Waals surface area contributed by atoms with Gasteiger partial charge >= 0.3 is 0 Å². The number of nitrogens with zero attached hydrogens (tertiary/aromatic N) is 2. The van der Waals surface area contributed by atoms with Crippen molar-refractivity contribution in [2.24, 2.45) is 0 Å². The summed E-state index contributed by atoms with van der Waals surface area (Å²) in [5, 5.41) is 0. The summed E-state index contributed by atoms with van der Waals surface area (Å²) < 4.78 is 35.8. The highest BCUT2D eigenvalue weighted by molar-refractivity contribution is 5.83. The van der Waals surface area contributed by atoms with Crippen molar-refractivity contribution < 1.29 is 23.0 Å². The molecule has 0 aliphatic carbocycles. The molecule has 1 aliphatic rings. The fourth-order valence-corrected chi connectivity index (χ4v) is 2.53. The smallest absolute Gasteiger partial charge is 0.295 e. The van der Waals surface area contributed by atoms with Crippen LogP contribution >= 0.6 is 0 Å². The molecule has 0 atom stereocenters. The summed E-state index contributed by atoms with van der Waals surface area (Å²) >= 11 is 0. The maximum atomic E-state index is 12.8. The molecule has 0 bridgehead atoms. The first kappa shape index (κ1) is 14.7. The van der Waals surface area contributed by atoms with Crippen LogP contribution in [-0.2, 0) is 20.9 Å². The quantitative estimate of drug-likeness (QED) is 0.856. The summed E-state index contributed by atoms with van der Waals surface area (Å²) in [4.78, 5) is 19.0. The Kier molecular flexibility index (Phi) is 4.19. The van der Waals surface area contributed by atoms with Crippen LogP contribution in [-0.4, -0.2) is 42.7 Å². The average Bonchev–Trinajstić information content (AvgIpc) is 2.98. The number of benzene rings is 1. The van der Waals surface area contributed by atoms with Crippen molar-refractivity contribution in [1.82, 2.24) is 9.97 Å². The Labute approximate surface area is 125 Å². The van der Waals surface area contributed by atoms with Crippen LogP contribution in [0, 0.1) is 0 Å². The number of halogens is 2. The van der Waals surface area contributed by atoms with Crippen molar-refractivity contribution in [2.45, 2.75) is 13.0 Å². The summed E-state index contributed by atoms with van der Waals surface area (Å²) in [5.74, 6) is -0.388. The molecule has 0 amide bonds.